The molecule has 0 unspecified atom stereocenters. The number of hydrogen-bond acceptors (Lipinski definition) is 1. The van der Waals surface area contributed by atoms with E-state index in [9.17, 15) is 4.79 Å². The molecule has 2 nitrogen and oxygen atoms in total. The van der Waals surface area contributed by atoms with E-state index in [1.165, 1.54) is 18.4 Å². The number of benzene rings is 1. The average Bonchev–Trinajstić information content (AvgIpc) is 2.78. The number of nitrogens with zero attached hydrogens (tertiary/aromatic N) is 1. The van der Waals surface area contributed by atoms with Crippen molar-refractivity contribution in [2.75, 3.05) is 0 Å². The maximum absolute atomic E-state index is 10.7. The first-order valence-corrected chi connectivity index (χ1v) is 6.32. The highest BCUT2D eigenvalue weighted by Gasteiger charge is 2.07. The molecule has 0 atom stereocenters. The highest BCUT2D eigenvalue weighted by Crippen LogP contribution is 2.20. The lowest BCUT2D eigenvalue weighted by Gasteiger charge is -2.14. The fourth-order valence-electron chi connectivity index (χ4n) is 2.28. The fourth-order valence-corrected chi connectivity index (χ4v) is 2.28. The zero-order chi connectivity index (χ0) is 12.3. The molecule has 0 amide bonds. The molecule has 17 heavy (non-hydrogen) atoms. The van der Waals surface area contributed by atoms with Gasteiger partial charge in [0.2, 0.25) is 0 Å². The van der Waals surface area contributed by atoms with Gasteiger partial charge >= 0.3 is 0 Å². The summed E-state index contributed by atoms with van der Waals surface area (Å²) in [5, 5.41) is 1.15. The SMILES string of the molecule is CCC(CC)Cn1ccc2cc(C=O)ccc21. The van der Waals surface area contributed by atoms with Gasteiger partial charge in [-0.1, -0.05) is 26.7 Å². The van der Waals surface area contributed by atoms with Gasteiger partial charge in [-0.05, 0) is 30.2 Å². The smallest absolute Gasteiger partial charge is 0.150 e. The third kappa shape index (κ3) is 2.41. The van der Waals surface area contributed by atoms with Gasteiger partial charge in [0.15, 0.2) is 0 Å². The lowest BCUT2D eigenvalue weighted by Crippen LogP contribution is -2.07. The van der Waals surface area contributed by atoms with Crippen molar-refractivity contribution in [3.05, 3.63) is 36.0 Å². The van der Waals surface area contributed by atoms with E-state index < -0.39 is 0 Å². The number of carbonyl (C=O) groups excluding carboxylic acids is 1. The molecule has 0 aliphatic rings. The van der Waals surface area contributed by atoms with Crippen LogP contribution in [0.4, 0.5) is 0 Å². The maximum atomic E-state index is 10.7. The molecule has 1 aromatic carbocycles. The Morgan fingerprint density at radius 1 is 1.24 bits per heavy atom. The van der Waals surface area contributed by atoms with Crippen molar-refractivity contribution in [1.29, 1.82) is 0 Å². The van der Waals surface area contributed by atoms with E-state index in [2.05, 4.69) is 30.7 Å². The number of carbonyl (C=O) groups is 1. The van der Waals surface area contributed by atoms with Crippen LogP contribution in [0.5, 0.6) is 0 Å². The molecule has 90 valence electrons. The van der Waals surface area contributed by atoms with Crippen LogP contribution in [-0.2, 0) is 6.54 Å². The lowest BCUT2D eigenvalue weighted by atomic mass is 10.0. The maximum Gasteiger partial charge on any atom is 0.150 e. The number of aromatic nitrogens is 1. The van der Waals surface area contributed by atoms with Gasteiger partial charge in [-0.15, -0.1) is 0 Å². The van der Waals surface area contributed by atoms with Gasteiger partial charge < -0.3 is 4.57 Å². The molecular weight excluding hydrogens is 210 g/mol. The van der Waals surface area contributed by atoms with E-state index in [-0.39, 0.29) is 0 Å². The summed E-state index contributed by atoms with van der Waals surface area (Å²) in [5.41, 5.74) is 1.97. The zero-order valence-corrected chi connectivity index (χ0v) is 10.5. The van der Waals surface area contributed by atoms with Gasteiger partial charge in [-0.2, -0.15) is 0 Å². The molecule has 0 saturated heterocycles. The molecule has 0 saturated carbocycles. The number of aldehydes is 1. The molecule has 0 N–H and O–H groups in total. The highest BCUT2D eigenvalue weighted by atomic mass is 16.1. The Bertz CT molecular complexity index is 509. The lowest BCUT2D eigenvalue weighted by molar-refractivity contribution is 0.112. The van der Waals surface area contributed by atoms with Crippen LogP contribution in [0.25, 0.3) is 10.9 Å². The Kier molecular flexibility index (Phi) is 3.62. The van der Waals surface area contributed by atoms with E-state index in [1.54, 1.807) is 0 Å². The summed E-state index contributed by atoms with van der Waals surface area (Å²) in [4.78, 5) is 10.7. The first kappa shape index (κ1) is 11.9. The van der Waals surface area contributed by atoms with Crippen molar-refractivity contribution in [3.63, 3.8) is 0 Å². The summed E-state index contributed by atoms with van der Waals surface area (Å²) in [5.74, 6) is 0.733. The molecule has 1 heterocycles. The second-order valence-electron chi connectivity index (χ2n) is 4.59. The standard InChI is InChI=1S/C15H19NO/c1-3-12(4-2)10-16-8-7-14-9-13(11-17)5-6-15(14)16/h5-9,11-12H,3-4,10H2,1-2H3. The van der Waals surface area contributed by atoms with E-state index in [0.29, 0.717) is 0 Å². The van der Waals surface area contributed by atoms with E-state index >= 15 is 0 Å². The van der Waals surface area contributed by atoms with Gasteiger partial charge in [0, 0.05) is 29.2 Å². The second kappa shape index (κ2) is 5.17. The molecule has 0 aliphatic carbocycles. The van der Waals surface area contributed by atoms with Crippen molar-refractivity contribution in [2.45, 2.75) is 33.2 Å². The molecule has 0 fully saturated rings. The molecule has 2 aromatic rings. The monoisotopic (exact) mass is 229 g/mol. The minimum Gasteiger partial charge on any atom is -0.347 e. The van der Waals surface area contributed by atoms with Gasteiger partial charge in [-0.25, -0.2) is 0 Å². The number of fused-ring (bicyclic) bond motifs is 1. The Balaban J connectivity index is 2.33. The number of rotatable bonds is 5. The Labute approximate surface area is 102 Å². The van der Waals surface area contributed by atoms with Crippen LogP contribution in [-0.4, -0.2) is 10.9 Å². The van der Waals surface area contributed by atoms with Crippen LogP contribution in [0, 0.1) is 5.92 Å². The molecule has 0 aliphatic heterocycles. The second-order valence-corrected chi connectivity index (χ2v) is 4.59. The summed E-state index contributed by atoms with van der Waals surface area (Å²) in [6.45, 7) is 5.55. The predicted molar refractivity (Wildman–Crippen MR) is 71.4 cm³/mol. The van der Waals surface area contributed by atoms with Gasteiger partial charge in [0.25, 0.3) is 0 Å². The molecular formula is C15H19NO. The minimum atomic E-state index is 0.733. The Hall–Kier alpha value is -1.57. The summed E-state index contributed by atoms with van der Waals surface area (Å²) in [6, 6.07) is 7.97. The summed E-state index contributed by atoms with van der Waals surface area (Å²) < 4.78 is 2.29. The van der Waals surface area contributed by atoms with Crippen LogP contribution in [0.1, 0.15) is 37.0 Å². The molecule has 1 aromatic heterocycles. The fraction of sp³-hybridized carbons (Fsp3) is 0.400. The van der Waals surface area contributed by atoms with Crippen LogP contribution in [0.2, 0.25) is 0 Å². The van der Waals surface area contributed by atoms with Crippen molar-refractivity contribution in [3.8, 4) is 0 Å². The van der Waals surface area contributed by atoms with E-state index in [4.69, 9.17) is 0 Å². The summed E-state index contributed by atoms with van der Waals surface area (Å²) >= 11 is 0. The highest BCUT2D eigenvalue weighted by molar-refractivity contribution is 5.87. The predicted octanol–water partition coefficient (Wildman–Crippen LogP) is 3.89. The third-order valence-corrected chi connectivity index (χ3v) is 3.54. The minimum absolute atomic E-state index is 0.733. The molecule has 0 radical (unpaired) electrons. The van der Waals surface area contributed by atoms with Crippen LogP contribution < -0.4 is 0 Å². The van der Waals surface area contributed by atoms with Gasteiger partial charge in [-0.3, -0.25) is 4.79 Å². The number of hydrogen-bond donors (Lipinski definition) is 0. The van der Waals surface area contributed by atoms with Crippen LogP contribution >= 0.6 is 0 Å². The van der Waals surface area contributed by atoms with Gasteiger partial charge in [0.1, 0.15) is 6.29 Å². The molecule has 2 heteroatoms. The van der Waals surface area contributed by atoms with Crippen molar-refractivity contribution >= 4 is 17.2 Å². The summed E-state index contributed by atoms with van der Waals surface area (Å²) in [6.07, 6.45) is 5.44. The molecule has 0 bridgehead atoms. The van der Waals surface area contributed by atoms with E-state index in [1.807, 2.05) is 18.2 Å². The normalized spacial score (nSPS) is 11.2. The Morgan fingerprint density at radius 3 is 2.65 bits per heavy atom. The van der Waals surface area contributed by atoms with Crippen molar-refractivity contribution in [2.24, 2.45) is 5.92 Å². The van der Waals surface area contributed by atoms with E-state index in [0.717, 1.165) is 29.7 Å². The first-order valence-electron chi connectivity index (χ1n) is 6.32. The van der Waals surface area contributed by atoms with Crippen LogP contribution in [0.3, 0.4) is 0 Å². The largest absolute Gasteiger partial charge is 0.347 e. The quantitative estimate of drug-likeness (QED) is 0.713. The van der Waals surface area contributed by atoms with Crippen LogP contribution in [0.15, 0.2) is 30.5 Å². The van der Waals surface area contributed by atoms with Crippen molar-refractivity contribution in [1.82, 2.24) is 4.57 Å². The molecule has 2 rings (SSSR count). The zero-order valence-electron chi connectivity index (χ0n) is 10.5. The van der Waals surface area contributed by atoms with Crippen molar-refractivity contribution < 1.29 is 4.79 Å². The van der Waals surface area contributed by atoms with Gasteiger partial charge in [0.05, 0.1) is 0 Å². The average molecular weight is 229 g/mol. The Morgan fingerprint density at radius 2 is 2.00 bits per heavy atom. The first-order chi connectivity index (χ1) is 8.28. The topological polar surface area (TPSA) is 22.0 Å². The molecule has 0 spiro atoms. The third-order valence-electron chi connectivity index (χ3n) is 3.54. The summed E-state index contributed by atoms with van der Waals surface area (Å²) in [7, 11) is 0.